The number of carbonyl (C=O) groups is 2. The van der Waals surface area contributed by atoms with E-state index >= 15 is 0 Å². The smallest absolute Gasteiger partial charge is 0.225 e. The van der Waals surface area contributed by atoms with Gasteiger partial charge < -0.3 is 10.6 Å². The van der Waals surface area contributed by atoms with Crippen molar-refractivity contribution in [3.05, 3.63) is 54.4 Å². The Hall–Kier alpha value is -2.69. The molecule has 1 saturated heterocycles. The van der Waals surface area contributed by atoms with Gasteiger partial charge in [0.2, 0.25) is 11.8 Å². The molecule has 0 bridgehead atoms. The molecule has 1 aromatic heterocycles. The van der Waals surface area contributed by atoms with Crippen LogP contribution in [0.5, 0.6) is 0 Å². The SMILES string of the molecule is CC(C)CC(=O)N1CCC[C@@](Cc2ccc(-c3cccnc3)cc2)(C(N)=O)C1. The molecule has 0 unspecified atom stereocenters. The second-order valence-corrected chi connectivity index (χ2v) is 8.28. The average Bonchev–Trinajstić information content (AvgIpc) is 2.69. The molecule has 0 aliphatic carbocycles. The first kappa shape index (κ1) is 20.1. The van der Waals surface area contributed by atoms with Crippen LogP contribution in [0.25, 0.3) is 11.1 Å². The van der Waals surface area contributed by atoms with E-state index in [-0.39, 0.29) is 11.8 Å². The van der Waals surface area contributed by atoms with Gasteiger partial charge in [0, 0.05) is 31.9 Å². The summed E-state index contributed by atoms with van der Waals surface area (Å²) >= 11 is 0. The number of pyridine rings is 1. The maximum Gasteiger partial charge on any atom is 0.225 e. The number of rotatable bonds is 6. The van der Waals surface area contributed by atoms with E-state index in [0.29, 0.717) is 31.8 Å². The molecular formula is C23H29N3O2. The summed E-state index contributed by atoms with van der Waals surface area (Å²) in [4.78, 5) is 31.0. The third kappa shape index (κ3) is 4.58. The van der Waals surface area contributed by atoms with Crippen LogP contribution in [0.15, 0.2) is 48.8 Å². The lowest BCUT2D eigenvalue weighted by molar-refractivity contribution is -0.140. The third-order valence-corrected chi connectivity index (χ3v) is 5.53. The highest BCUT2D eigenvalue weighted by Gasteiger charge is 2.42. The molecule has 0 saturated carbocycles. The van der Waals surface area contributed by atoms with Crippen molar-refractivity contribution in [1.82, 2.24) is 9.88 Å². The van der Waals surface area contributed by atoms with Crippen LogP contribution in [0.4, 0.5) is 0 Å². The summed E-state index contributed by atoms with van der Waals surface area (Å²) < 4.78 is 0. The van der Waals surface area contributed by atoms with Gasteiger partial charge >= 0.3 is 0 Å². The highest BCUT2D eigenvalue weighted by molar-refractivity contribution is 5.83. The molecule has 5 heteroatoms. The van der Waals surface area contributed by atoms with Crippen LogP contribution >= 0.6 is 0 Å². The van der Waals surface area contributed by atoms with Crippen molar-refractivity contribution >= 4 is 11.8 Å². The Bertz CT molecular complexity index is 818. The Kier molecular flexibility index (Phi) is 6.12. The summed E-state index contributed by atoms with van der Waals surface area (Å²) in [6.07, 6.45) is 6.18. The highest BCUT2D eigenvalue weighted by Crippen LogP contribution is 2.34. The van der Waals surface area contributed by atoms with Gasteiger partial charge in [-0.15, -0.1) is 0 Å². The van der Waals surface area contributed by atoms with Crippen LogP contribution < -0.4 is 5.73 Å². The summed E-state index contributed by atoms with van der Waals surface area (Å²) in [6, 6.07) is 12.1. The first-order chi connectivity index (χ1) is 13.4. The zero-order valence-corrected chi connectivity index (χ0v) is 16.7. The van der Waals surface area contributed by atoms with Crippen molar-refractivity contribution < 1.29 is 9.59 Å². The second-order valence-electron chi connectivity index (χ2n) is 8.28. The predicted molar refractivity (Wildman–Crippen MR) is 110 cm³/mol. The lowest BCUT2D eigenvalue weighted by Gasteiger charge is -2.41. The molecule has 1 aliphatic rings. The third-order valence-electron chi connectivity index (χ3n) is 5.53. The van der Waals surface area contributed by atoms with Gasteiger partial charge in [0.05, 0.1) is 5.41 Å². The summed E-state index contributed by atoms with van der Waals surface area (Å²) in [5.41, 5.74) is 8.36. The molecule has 3 rings (SSSR count). The van der Waals surface area contributed by atoms with Gasteiger partial charge in [-0.25, -0.2) is 0 Å². The van der Waals surface area contributed by atoms with E-state index in [0.717, 1.165) is 29.5 Å². The van der Waals surface area contributed by atoms with Crippen molar-refractivity contribution in [2.24, 2.45) is 17.1 Å². The first-order valence-corrected chi connectivity index (χ1v) is 9.97. The Morgan fingerprint density at radius 1 is 1.18 bits per heavy atom. The van der Waals surface area contributed by atoms with E-state index in [9.17, 15) is 9.59 Å². The van der Waals surface area contributed by atoms with Gasteiger partial charge in [-0.05, 0) is 47.9 Å². The minimum absolute atomic E-state index is 0.118. The quantitative estimate of drug-likeness (QED) is 0.835. The molecule has 1 atom stereocenters. The van der Waals surface area contributed by atoms with Crippen LogP contribution in [0.1, 0.15) is 38.7 Å². The Morgan fingerprint density at radius 3 is 2.54 bits per heavy atom. The molecule has 148 valence electrons. The lowest BCUT2D eigenvalue weighted by Crippen LogP contribution is -2.53. The van der Waals surface area contributed by atoms with Gasteiger partial charge in [-0.2, -0.15) is 0 Å². The number of nitrogens with two attached hydrogens (primary N) is 1. The van der Waals surface area contributed by atoms with E-state index < -0.39 is 5.41 Å². The highest BCUT2D eigenvalue weighted by atomic mass is 16.2. The Morgan fingerprint density at radius 2 is 1.93 bits per heavy atom. The van der Waals surface area contributed by atoms with Gasteiger partial charge in [-0.3, -0.25) is 14.6 Å². The number of hydrogen-bond acceptors (Lipinski definition) is 3. The summed E-state index contributed by atoms with van der Waals surface area (Å²) in [5.74, 6) is 0.107. The maximum atomic E-state index is 12.5. The zero-order chi connectivity index (χ0) is 20.1. The molecule has 5 nitrogen and oxygen atoms in total. The van der Waals surface area contributed by atoms with E-state index in [2.05, 4.69) is 4.98 Å². The van der Waals surface area contributed by atoms with E-state index in [1.807, 2.05) is 61.3 Å². The monoisotopic (exact) mass is 379 g/mol. The summed E-state index contributed by atoms with van der Waals surface area (Å²) in [6.45, 7) is 5.19. The van der Waals surface area contributed by atoms with Gasteiger partial charge in [0.15, 0.2) is 0 Å². The molecule has 0 radical (unpaired) electrons. The molecule has 1 aliphatic heterocycles. The number of likely N-dealkylation sites (tertiary alicyclic amines) is 1. The largest absolute Gasteiger partial charge is 0.369 e. The predicted octanol–water partition coefficient (Wildman–Crippen LogP) is 3.43. The maximum absolute atomic E-state index is 12.5. The Balaban J connectivity index is 1.77. The summed E-state index contributed by atoms with van der Waals surface area (Å²) in [5, 5.41) is 0. The minimum Gasteiger partial charge on any atom is -0.369 e. The average molecular weight is 380 g/mol. The van der Waals surface area contributed by atoms with Crippen LogP contribution in [-0.4, -0.2) is 34.8 Å². The molecule has 28 heavy (non-hydrogen) atoms. The number of amides is 2. The molecule has 1 aromatic carbocycles. The molecule has 0 spiro atoms. The van der Waals surface area contributed by atoms with E-state index in [4.69, 9.17) is 5.73 Å². The number of piperidine rings is 1. The molecular weight excluding hydrogens is 350 g/mol. The van der Waals surface area contributed by atoms with Crippen molar-refractivity contribution in [3.8, 4) is 11.1 Å². The fourth-order valence-electron chi connectivity index (χ4n) is 3.99. The van der Waals surface area contributed by atoms with Crippen molar-refractivity contribution in [3.63, 3.8) is 0 Å². The lowest BCUT2D eigenvalue weighted by atomic mass is 9.74. The van der Waals surface area contributed by atoms with Gasteiger partial charge in [0.25, 0.3) is 0 Å². The van der Waals surface area contributed by atoms with Crippen LogP contribution in [0, 0.1) is 11.3 Å². The standard InChI is InChI=1S/C23H29N3O2/c1-17(2)13-21(27)26-12-4-10-23(16-26,22(24)28)14-18-6-8-19(9-7-18)20-5-3-11-25-15-20/h3,5-9,11,15,17H,4,10,12-14,16H2,1-2H3,(H2,24,28)/t23-/m0/s1. The second kappa shape index (κ2) is 8.55. The molecule has 2 N–H and O–H groups in total. The molecule has 2 heterocycles. The molecule has 2 aromatic rings. The van der Waals surface area contributed by atoms with Gasteiger partial charge in [0.1, 0.15) is 0 Å². The van der Waals surface area contributed by atoms with Crippen LogP contribution in [-0.2, 0) is 16.0 Å². The number of hydrogen-bond donors (Lipinski definition) is 1. The normalized spacial score (nSPS) is 19.6. The minimum atomic E-state index is -0.694. The summed E-state index contributed by atoms with van der Waals surface area (Å²) in [7, 11) is 0. The van der Waals surface area contributed by atoms with Crippen molar-refractivity contribution in [1.29, 1.82) is 0 Å². The number of carbonyl (C=O) groups excluding carboxylic acids is 2. The topological polar surface area (TPSA) is 76.3 Å². The van der Waals surface area contributed by atoms with E-state index in [1.165, 1.54) is 0 Å². The molecule has 2 amide bonds. The molecule has 1 fully saturated rings. The van der Waals surface area contributed by atoms with E-state index in [1.54, 1.807) is 6.20 Å². The number of aromatic nitrogens is 1. The first-order valence-electron chi connectivity index (χ1n) is 9.97. The number of benzene rings is 1. The zero-order valence-electron chi connectivity index (χ0n) is 16.7. The number of nitrogens with zero attached hydrogens (tertiary/aromatic N) is 2. The fourth-order valence-corrected chi connectivity index (χ4v) is 3.99. The van der Waals surface area contributed by atoms with Gasteiger partial charge in [-0.1, -0.05) is 44.2 Å². The van der Waals surface area contributed by atoms with Crippen LogP contribution in [0.3, 0.4) is 0 Å². The van der Waals surface area contributed by atoms with Crippen molar-refractivity contribution in [2.45, 2.75) is 39.5 Å². The van der Waals surface area contributed by atoms with Crippen molar-refractivity contribution in [2.75, 3.05) is 13.1 Å². The number of primary amides is 1. The van der Waals surface area contributed by atoms with Crippen LogP contribution in [0.2, 0.25) is 0 Å². The fraction of sp³-hybridized carbons (Fsp3) is 0.435. The Labute approximate surface area is 167 Å².